The van der Waals surface area contributed by atoms with Gasteiger partial charge in [-0.25, -0.2) is 14.6 Å². The molecule has 0 bridgehead atoms. The summed E-state index contributed by atoms with van der Waals surface area (Å²) in [6, 6.07) is 0.111. The number of fused-ring (bicyclic) bond motifs is 1. The maximum Gasteiger partial charge on any atom is 0.246 e. The fourth-order valence-electron chi connectivity index (χ4n) is 2.63. The van der Waals surface area contributed by atoms with Crippen LogP contribution in [0.1, 0.15) is 18.9 Å². The Labute approximate surface area is 116 Å². The molecule has 1 fully saturated rings. The van der Waals surface area contributed by atoms with Gasteiger partial charge in [-0.2, -0.15) is 5.10 Å². The number of amides is 1. The second-order valence-corrected chi connectivity index (χ2v) is 4.87. The van der Waals surface area contributed by atoms with E-state index in [2.05, 4.69) is 21.6 Å². The number of hydrogen-bond acceptors (Lipinski definition) is 5. The van der Waals surface area contributed by atoms with Crippen molar-refractivity contribution in [2.75, 3.05) is 18.8 Å². The highest BCUT2D eigenvalue weighted by Gasteiger charge is 2.25. The molecule has 3 rings (SSSR count). The third-order valence-electron chi connectivity index (χ3n) is 3.65. The predicted octanol–water partition coefficient (Wildman–Crippen LogP) is 0.758. The molecule has 1 aliphatic rings. The molecule has 7 nitrogen and oxygen atoms in total. The molecular weight excluding hydrogens is 256 g/mol. The highest BCUT2D eigenvalue weighted by molar-refractivity contribution is 5.87. The first-order chi connectivity index (χ1) is 9.70. The van der Waals surface area contributed by atoms with Crippen LogP contribution < -0.4 is 5.73 Å². The number of nitrogens with zero attached hydrogens (tertiary/aromatic N) is 5. The van der Waals surface area contributed by atoms with Crippen LogP contribution in [0.4, 0.5) is 5.82 Å². The minimum atomic E-state index is -0.0414. The van der Waals surface area contributed by atoms with E-state index in [1.807, 2.05) is 4.68 Å². The Morgan fingerprint density at radius 3 is 3.15 bits per heavy atom. The van der Waals surface area contributed by atoms with Crippen LogP contribution in [0.15, 0.2) is 25.2 Å². The summed E-state index contributed by atoms with van der Waals surface area (Å²) in [6.07, 6.45) is 6.36. The van der Waals surface area contributed by atoms with Crippen LogP contribution in [-0.2, 0) is 4.79 Å². The molecule has 3 heterocycles. The minimum Gasteiger partial charge on any atom is -0.383 e. The summed E-state index contributed by atoms with van der Waals surface area (Å²) in [6.45, 7) is 4.91. The van der Waals surface area contributed by atoms with Gasteiger partial charge in [0.25, 0.3) is 0 Å². The number of carbonyl (C=O) groups is 1. The van der Waals surface area contributed by atoms with Crippen molar-refractivity contribution in [3.63, 3.8) is 0 Å². The van der Waals surface area contributed by atoms with Gasteiger partial charge in [-0.15, -0.1) is 0 Å². The predicted molar refractivity (Wildman–Crippen MR) is 74.8 cm³/mol. The average molecular weight is 272 g/mol. The van der Waals surface area contributed by atoms with Crippen molar-refractivity contribution in [3.05, 3.63) is 25.2 Å². The first-order valence-corrected chi connectivity index (χ1v) is 6.55. The molecule has 0 saturated carbocycles. The third-order valence-corrected chi connectivity index (χ3v) is 3.65. The van der Waals surface area contributed by atoms with Gasteiger partial charge in [0.2, 0.25) is 5.91 Å². The average Bonchev–Trinajstić information content (AvgIpc) is 2.92. The Morgan fingerprint density at radius 1 is 1.50 bits per heavy atom. The molecule has 104 valence electrons. The van der Waals surface area contributed by atoms with Crippen LogP contribution in [0, 0.1) is 0 Å². The first-order valence-electron chi connectivity index (χ1n) is 6.55. The van der Waals surface area contributed by atoms with Crippen molar-refractivity contribution >= 4 is 22.8 Å². The Morgan fingerprint density at radius 2 is 2.35 bits per heavy atom. The molecule has 2 aromatic heterocycles. The molecule has 1 amide bonds. The van der Waals surface area contributed by atoms with Crippen molar-refractivity contribution in [1.29, 1.82) is 0 Å². The van der Waals surface area contributed by atoms with Gasteiger partial charge in [0.05, 0.1) is 17.6 Å². The number of nitrogen functional groups attached to an aromatic ring is 1. The normalized spacial score (nSPS) is 19.2. The zero-order valence-electron chi connectivity index (χ0n) is 11.1. The van der Waals surface area contributed by atoms with Crippen LogP contribution in [0.3, 0.4) is 0 Å². The van der Waals surface area contributed by atoms with E-state index < -0.39 is 0 Å². The quantitative estimate of drug-likeness (QED) is 0.815. The maximum absolute atomic E-state index is 11.7. The standard InChI is InChI=1S/C13H16N6O/c1-2-11(20)18-5-3-4-9(7-18)19-13-10(6-17-19)12(14)15-8-16-13/h2,6,8-9H,1,3-5,7H2,(H2,14,15,16). The zero-order chi connectivity index (χ0) is 14.1. The van der Waals surface area contributed by atoms with Crippen LogP contribution in [0.5, 0.6) is 0 Å². The summed E-state index contributed by atoms with van der Waals surface area (Å²) in [4.78, 5) is 21.7. The molecule has 0 aliphatic carbocycles. The second-order valence-electron chi connectivity index (χ2n) is 4.87. The van der Waals surface area contributed by atoms with Crippen molar-refractivity contribution in [1.82, 2.24) is 24.6 Å². The topological polar surface area (TPSA) is 89.9 Å². The highest BCUT2D eigenvalue weighted by Crippen LogP contribution is 2.25. The molecule has 2 aromatic rings. The van der Waals surface area contributed by atoms with Crippen molar-refractivity contribution in [3.8, 4) is 0 Å². The number of nitrogens with two attached hydrogens (primary N) is 1. The molecule has 0 aromatic carbocycles. The number of carbonyl (C=O) groups excluding carboxylic acids is 1. The fourth-order valence-corrected chi connectivity index (χ4v) is 2.63. The van der Waals surface area contributed by atoms with Gasteiger partial charge < -0.3 is 10.6 Å². The molecule has 20 heavy (non-hydrogen) atoms. The molecule has 2 N–H and O–H groups in total. The Hall–Kier alpha value is -2.44. The lowest BCUT2D eigenvalue weighted by Crippen LogP contribution is -2.40. The van der Waals surface area contributed by atoms with Crippen LogP contribution >= 0.6 is 0 Å². The summed E-state index contributed by atoms with van der Waals surface area (Å²) >= 11 is 0. The number of anilines is 1. The number of aromatic nitrogens is 4. The smallest absolute Gasteiger partial charge is 0.246 e. The molecule has 1 unspecified atom stereocenters. The Balaban J connectivity index is 1.93. The van der Waals surface area contributed by atoms with Crippen LogP contribution in [-0.4, -0.2) is 43.6 Å². The lowest BCUT2D eigenvalue weighted by atomic mass is 10.1. The van der Waals surface area contributed by atoms with Gasteiger partial charge in [-0.05, 0) is 18.9 Å². The van der Waals surface area contributed by atoms with Crippen LogP contribution in [0.25, 0.3) is 11.0 Å². The molecule has 7 heteroatoms. The monoisotopic (exact) mass is 272 g/mol. The molecular formula is C13H16N6O. The lowest BCUT2D eigenvalue weighted by molar-refractivity contribution is -0.127. The number of likely N-dealkylation sites (tertiary alicyclic amines) is 1. The van der Waals surface area contributed by atoms with Crippen LogP contribution in [0.2, 0.25) is 0 Å². The summed E-state index contributed by atoms with van der Waals surface area (Å²) in [7, 11) is 0. The molecule has 1 atom stereocenters. The highest BCUT2D eigenvalue weighted by atomic mass is 16.2. The van der Waals surface area contributed by atoms with Gasteiger partial charge in [0.15, 0.2) is 5.65 Å². The van der Waals surface area contributed by atoms with E-state index >= 15 is 0 Å². The molecule has 0 spiro atoms. The summed E-state index contributed by atoms with van der Waals surface area (Å²) in [5.74, 6) is 0.386. The second kappa shape index (κ2) is 4.92. The van der Waals surface area contributed by atoms with Crippen molar-refractivity contribution in [2.45, 2.75) is 18.9 Å². The van der Waals surface area contributed by atoms with E-state index in [1.54, 1.807) is 11.1 Å². The van der Waals surface area contributed by atoms with E-state index in [-0.39, 0.29) is 11.9 Å². The van der Waals surface area contributed by atoms with Gasteiger partial charge in [-0.1, -0.05) is 6.58 Å². The maximum atomic E-state index is 11.7. The molecule has 1 aliphatic heterocycles. The molecule has 0 radical (unpaired) electrons. The van der Waals surface area contributed by atoms with Crippen molar-refractivity contribution in [2.24, 2.45) is 0 Å². The van der Waals surface area contributed by atoms with E-state index in [4.69, 9.17) is 5.73 Å². The Bertz CT molecular complexity index is 664. The van der Waals surface area contributed by atoms with Gasteiger partial charge in [0, 0.05) is 13.1 Å². The SMILES string of the molecule is C=CC(=O)N1CCCC(n2ncc3c(N)ncnc32)C1. The number of rotatable bonds is 2. The first kappa shape index (κ1) is 12.6. The number of piperidine rings is 1. The van der Waals surface area contributed by atoms with Gasteiger partial charge in [0.1, 0.15) is 12.1 Å². The van der Waals surface area contributed by atoms with Gasteiger partial charge in [-0.3, -0.25) is 4.79 Å². The largest absolute Gasteiger partial charge is 0.383 e. The Kier molecular flexibility index (Phi) is 3.09. The summed E-state index contributed by atoms with van der Waals surface area (Å²) < 4.78 is 1.84. The van der Waals surface area contributed by atoms with E-state index in [0.29, 0.717) is 12.4 Å². The third kappa shape index (κ3) is 2.01. The van der Waals surface area contributed by atoms with Crippen molar-refractivity contribution < 1.29 is 4.79 Å². The number of hydrogen-bond donors (Lipinski definition) is 1. The zero-order valence-corrected chi connectivity index (χ0v) is 11.1. The fraction of sp³-hybridized carbons (Fsp3) is 0.385. The summed E-state index contributed by atoms with van der Waals surface area (Å²) in [5.41, 5.74) is 6.53. The minimum absolute atomic E-state index is 0.0414. The summed E-state index contributed by atoms with van der Waals surface area (Å²) in [5, 5.41) is 5.12. The molecule has 1 saturated heterocycles. The van der Waals surface area contributed by atoms with E-state index in [9.17, 15) is 4.79 Å². The van der Waals surface area contributed by atoms with Gasteiger partial charge >= 0.3 is 0 Å². The lowest BCUT2D eigenvalue weighted by Gasteiger charge is -2.32. The van der Waals surface area contributed by atoms with E-state index in [0.717, 1.165) is 30.4 Å². The van der Waals surface area contributed by atoms with E-state index in [1.165, 1.54) is 12.4 Å².